The van der Waals surface area contributed by atoms with Crippen LogP contribution in [0.15, 0.2) is 18.2 Å². The van der Waals surface area contributed by atoms with Gasteiger partial charge in [-0.3, -0.25) is 0 Å². The second-order valence-corrected chi connectivity index (χ2v) is 3.26. The Kier molecular flexibility index (Phi) is 3.75. The van der Waals surface area contributed by atoms with Crippen LogP contribution in [0.2, 0.25) is 5.02 Å². The van der Waals surface area contributed by atoms with Crippen LogP contribution in [-0.2, 0) is 0 Å². The maximum atomic E-state index is 8.49. The Bertz CT molecular complexity index is 360. The average molecular weight is 211 g/mol. The van der Waals surface area contributed by atoms with Crippen LogP contribution in [0.1, 0.15) is 18.0 Å². The summed E-state index contributed by atoms with van der Waals surface area (Å²) in [6, 6.07) is 6.92. The number of ether oxygens (including phenoxy) is 1. The molecular formula is C10H11ClN2O. The highest BCUT2D eigenvalue weighted by molar-refractivity contribution is 6.31. The molecule has 0 spiro atoms. The molecule has 0 aliphatic rings. The van der Waals surface area contributed by atoms with Gasteiger partial charge in [-0.15, -0.1) is 0 Å². The number of hydrogen-bond donors (Lipinski definition) is 1. The summed E-state index contributed by atoms with van der Waals surface area (Å²) in [7, 11) is 1.57. The molecule has 2 N–H and O–H groups in total. The Labute approximate surface area is 88.0 Å². The number of nitriles is 1. The largest absolute Gasteiger partial charge is 0.497 e. The van der Waals surface area contributed by atoms with E-state index in [1.807, 2.05) is 6.07 Å². The Morgan fingerprint density at radius 3 is 2.86 bits per heavy atom. The fraction of sp³-hybridized carbons (Fsp3) is 0.300. The van der Waals surface area contributed by atoms with Gasteiger partial charge in [-0.2, -0.15) is 5.26 Å². The molecule has 4 heteroatoms. The van der Waals surface area contributed by atoms with E-state index < -0.39 is 0 Å². The van der Waals surface area contributed by atoms with Gasteiger partial charge in [0.25, 0.3) is 0 Å². The van der Waals surface area contributed by atoms with E-state index in [1.165, 1.54) is 0 Å². The van der Waals surface area contributed by atoms with Crippen LogP contribution < -0.4 is 10.5 Å². The van der Waals surface area contributed by atoms with Gasteiger partial charge in [0.2, 0.25) is 0 Å². The molecule has 1 atom stereocenters. The minimum Gasteiger partial charge on any atom is -0.497 e. The van der Waals surface area contributed by atoms with Crippen molar-refractivity contribution in [2.24, 2.45) is 5.73 Å². The topological polar surface area (TPSA) is 59.0 Å². The van der Waals surface area contributed by atoms with Crippen LogP contribution in [-0.4, -0.2) is 7.11 Å². The van der Waals surface area contributed by atoms with E-state index in [1.54, 1.807) is 25.3 Å². The molecule has 0 aromatic heterocycles. The third-order valence-electron chi connectivity index (χ3n) is 1.92. The van der Waals surface area contributed by atoms with Gasteiger partial charge in [-0.1, -0.05) is 17.7 Å². The number of nitrogens with two attached hydrogens (primary N) is 1. The molecule has 0 radical (unpaired) electrons. The van der Waals surface area contributed by atoms with E-state index in [9.17, 15) is 0 Å². The average Bonchev–Trinajstić information content (AvgIpc) is 2.17. The number of benzene rings is 1. The van der Waals surface area contributed by atoms with Crippen LogP contribution >= 0.6 is 11.6 Å². The van der Waals surface area contributed by atoms with E-state index in [-0.39, 0.29) is 12.5 Å². The van der Waals surface area contributed by atoms with Gasteiger partial charge in [0.15, 0.2) is 0 Å². The van der Waals surface area contributed by atoms with Crippen molar-refractivity contribution >= 4 is 11.6 Å². The zero-order valence-electron chi connectivity index (χ0n) is 7.83. The molecule has 0 fully saturated rings. The summed E-state index contributed by atoms with van der Waals surface area (Å²) in [6.07, 6.45) is 0.256. The van der Waals surface area contributed by atoms with Gasteiger partial charge in [-0.05, 0) is 17.7 Å². The van der Waals surface area contributed by atoms with Crippen molar-refractivity contribution < 1.29 is 4.74 Å². The van der Waals surface area contributed by atoms with Crippen LogP contribution in [0.3, 0.4) is 0 Å². The molecule has 1 rings (SSSR count). The fourth-order valence-corrected chi connectivity index (χ4v) is 1.45. The van der Waals surface area contributed by atoms with Gasteiger partial charge in [-0.25, -0.2) is 0 Å². The summed E-state index contributed by atoms with van der Waals surface area (Å²) in [5, 5.41) is 9.03. The third kappa shape index (κ3) is 2.38. The molecule has 14 heavy (non-hydrogen) atoms. The van der Waals surface area contributed by atoms with Crippen molar-refractivity contribution in [1.29, 1.82) is 5.26 Å². The van der Waals surface area contributed by atoms with E-state index in [2.05, 4.69) is 0 Å². The number of hydrogen-bond acceptors (Lipinski definition) is 3. The third-order valence-corrected chi connectivity index (χ3v) is 2.25. The molecule has 1 aromatic rings. The fourth-order valence-electron chi connectivity index (χ4n) is 1.14. The lowest BCUT2D eigenvalue weighted by molar-refractivity contribution is 0.414. The number of nitrogens with zero attached hydrogens (tertiary/aromatic N) is 1. The van der Waals surface area contributed by atoms with E-state index in [4.69, 9.17) is 27.3 Å². The normalized spacial score (nSPS) is 11.9. The van der Waals surface area contributed by atoms with Gasteiger partial charge < -0.3 is 10.5 Å². The molecule has 74 valence electrons. The predicted octanol–water partition coefficient (Wildman–Crippen LogP) is 2.26. The lowest BCUT2D eigenvalue weighted by atomic mass is 10.1. The highest BCUT2D eigenvalue weighted by Crippen LogP contribution is 2.27. The quantitative estimate of drug-likeness (QED) is 0.833. The summed E-state index contributed by atoms with van der Waals surface area (Å²) in [6.45, 7) is 0. The molecule has 0 aliphatic carbocycles. The monoisotopic (exact) mass is 210 g/mol. The van der Waals surface area contributed by atoms with Crippen molar-refractivity contribution in [3.63, 3.8) is 0 Å². The molecule has 0 unspecified atom stereocenters. The molecular weight excluding hydrogens is 200 g/mol. The predicted molar refractivity (Wildman–Crippen MR) is 55.2 cm³/mol. The summed E-state index contributed by atoms with van der Waals surface area (Å²) in [4.78, 5) is 0. The van der Waals surface area contributed by atoms with E-state index in [0.29, 0.717) is 10.8 Å². The molecule has 0 saturated carbocycles. The van der Waals surface area contributed by atoms with Crippen LogP contribution in [0, 0.1) is 11.3 Å². The molecule has 0 heterocycles. The Balaban J connectivity index is 2.94. The van der Waals surface area contributed by atoms with Crippen molar-refractivity contribution in [2.75, 3.05) is 7.11 Å². The van der Waals surface area contributed by atoms with E-state index >= 15 is 0 Å². The molecule has 0 aliphatic heterocycles. The van der Waals surface area contributed by atoms with Gasteiger partial charge in [0.05, 0.1) is 19.6 Å². The minimum atomic E-state index is -0.335. The Morgan fingerprint density at radius 1 is 1.64 bits per heavy atom. The van der Waals surface area contributed by atoms with Crippen LogP contribution in [0.5, 0.6) is 5.75 Å². The number of rotatable bonds is 3. The second-order valence-electron chi connectivity index (χ2n) is 2.86. The summed E-state index contributed by atoms with van der Waals surface area (Å²) in [5.41, 5.74) is 6.52. The highest BCUT2D eigenvalue weighted by Gasteiger charge is 2.10. The first-order valence-corrected chi connectivity index (χ1v) is 4.52. The molecule has 0 amide bonds. The van der Waals surface area contributed by atoms with Gasteiger partial charge >= 0.3 is 0 Å². The van der Waals surface area contributed by atoms with Crippen molar-refractivity contribution in [3.05, 3.63) is 28.8 Å². The zero-order chi connectivity index (χ0) is 10.6. The number of methoxy groups -OCH3 is 1. The minimum absolute atomic E-state index is 0.256. The maximum Gasteiger partial charge on any atom is 0.120 e. The summed E-state index contributed by atoms with van der Waals surface area (Å²) in [5.74, 6) is 0.683. The second kappa shape index (κ2) is 4.85. The smallest absolute Gasteiger partial charge is 0.120 e. The van der Waals surface area contributed by atoms with Crippen LogP contribution in [0.25, 0.3) is 0 Å². The first-order valence-electron chi connectivity index (χ1n) is 4.15. The van der Waals surface area contributed by atoms with Gasteiger partial charge in [0.1, 0.15) is 5.75 Å². The first-order chi connectivity index (χ1) is 6.69. The lowest BCUT2D eigenvalue weighted by Crippen LogP contribution is -2.09. The first kappa shape index (κ1) is 10.8. The lowest BCUT2D eigenvalue weighted by Gasteiger charge is -2.10. The summed E-state index contributed by atoms with van der Waals surface area (Å²) >= 11 is 5.97. The Hall–Kier alpha value is -1.24. The molecule has 1 aromatic carbocycles. The molecule has 0 bridgehead atoms. The molecule has 3 nitrogen and oxygen atoms in total. The molecule has 0 saturated heterocycles. The summed E-state index contributed by atoms with van der Waals surface area (Å²) < 4.78 is 5.00. The maximum absolute atomic E-state index is 8.49. The van der Waals surface area contributed by atoms with Crippen molar-refractivity contribution in [1.82, 2.24) is 0 Å². The highest BCUT2D eigenvalue weighted by atomic mass is 35.5. The van der Waals surface area contributed by atoms with Crippen molar-refractivity contribution in [2.45, 2.75) is 12.5 Å². The standard InChI is InChI=1S/C10H11ClN2O/c1-14-7-2-3-8(9(11)6-7)10(13)4-5-12/h2-3,6,10H,4,13H2,1H3/t10-/m0/s1. The van der Waals surface area contributed by atoms with Gasteiger partial charge in [0, 0.05) is 11.1 Å². The van der Waals surface area contributed by atoms with Crippen molar-refractivity contribution in [3.8, 4) is 11.8 Å². The van der Waals surface area contributed by atoms with Crippen LogP contribution in [0.4, 0.5) is 0 Å². The van der Waals surface area contributed by atoms with E-state index in [0.717, 1.165) is 5.56 Å². The zero-order valence-corrected chi connectivity index (χ0v) is 8.58. The number of halogens is 1. The Morgan fingerprint density at radius 2 is 2.36 bits per heavy atom. The SMILES string of the molecule is COc1ccc([C@@H](N)CC#N)c(Cl)c1.